The average molecular weight is 473 g/mol. The van der Waals surface area contributed by atoms with Crippen molar-refractivity contribution in [2.45, 2.75) is 32.6 Å². The van der Waals surface area contributed by atoms with E-state index in [0.29, 0.717) is 5.56 Å². The van der Waals surface area contributed by atoms with Crippen molar-refractivity contribution < 1.29 is 14.7 Å². The zero-order chi connectivity index (χ0) is 25.0. The van der Waals surface area contributed by atoms with Crippen molar-refractivity contribution in [1.29, 1.82) is 0 Å². The first-order chi connectivity index (χ1) is 16.7. The van der Waals surface area contributed by atoms with E-state index in [0.717, 1.165) is 48.9 Å². The second-order valence-corrected chi connectivity index (χ2v) is 9.90. The molecule has 2 N–H and O–H groups in total. The maximum Gasteiger partial charge on any atom is 0.307 e. The van der Waals surface area contributed by atoms with Crippen LogP contribution >= 0.6 is 0 Å². The number of pyridine rings is 1. The summed E-state index contributed by atoms with van der Waals surface area (Å²) in [5.74, 6) is -0.142. The van der Waals surface area contributed by atoms with Crippen LogP contribution in [0.15, 0.2) is 66.9 Å². The van der Waals surface area contributed by atoms with Crippen LogP contribution in [0.3, 0.4) is 0 Å². The summed E-state index contributed by atoms with van der Waals surface area (Å²) in [6.07, 6.45) is 1.67. The molecule has 7 nitrogen and oxygen atoms in total. The summed E-state index contributed by atoms with van der Waals surface area (Å²) in [6.45, 7) is 9.75. The van der Waals surface area contributed by atoms with E-state index in [9.17, 15) is 9.59 Å². The summed E-state index contributed by atoms with van der Waals surface area (Å²) in [6, 6.07) is 19.4. The van der Waals surface area contributed by atoms with Gasteiger partial charge in [0, 0.05) is 43.8 Å². The van der Waals surface area contributed by atoms with Gasteiger partial charge < -0.3 is 20.2 Å². The number of aromatic nitrogens is 1. The van der Waals surface area contributed by atoms with Gasteiger partial charge in [-0.15, -0.1) is 0 Å². The summed E-state index contributed by atoms with van der Waals surface area (Å²) in [5, 5.41) is 11.9. The lowest BCUT2D eigenvalue weighted by molar-refractivity contribution is -0.136. The van der Waals surface area contributed by atoms with E-state index < -0.39 is 5.97 Å². The molecule has 1 amide bonds. The van der Waals surface area contributed by atoms with E-state index in [2.05, 4.69) is 46.9 Å². The molecule has 2 heterocycles. The largest absolute Gasteiger partial charge is 0.481 e. The highest BCUT2D eigenvalue weighted by atomic mass is 16.4. The SMILES string of the molecule is CC(C)(C)c1cccc(NC(=O)c2ccc(N3CCN(c4ccc(CC(=O)O)cc4)CC3)nc2)c1. The fourth-order valence-corrected chi connectivity index (χ4v) is 4.17. The topological polar surface area (TPSA) is 85.8 Å². The first-order valence-corrected chi connectivity index (χ1v) is 11.9. The van der Waals surface area contributed by atoms with Gasteiger partial charge in [-0.1, -0.05) is 45.0 Å². The Kier molecular flexibility index (Phi) is 7.05. The number of carboxylic acid groups (broad SMARTS) is 1. The van der Waals surface area contributed by atoms with Crippen LogP contribution in [0.2, 0.25) is 0 Å². The zero-order valence-corrected chi connectivity index (χ0v) is 20.5. The number of carbonyl (C=O) groups excluding carboxylic acids is 1. The Morgan fingerprint density at radius 1 is 0.943 bits per heavy atom. The summed E-state index contributed by atoms with van der Waals surface area (Å²) < 4.78 is 0. The fraction of sp³-hybridized carbons (Fsp3) is 0.321. The number of amides is 1. The maximum atomic E-state index is 12.7. The number of nitrogens with zero attached hydrogens (tertiary/aromatic N) is 3. The molecule has 2 aromatic carbocycles. The first-order valence-electron chi connectivity index (χ1n) is 11.9. The van der Waals surface area contributed by atoms with Gasteiger partial charge in [0.1, 0.15) is 5.82 Å². The molecule has 4 rings (SSSR count). The van der Waals surface area contributed by atoms with Gasteiger partial charge >= 0.3 is 5.97 Å². The molecule has 0 spiro atoms. The van der Waals surface area contributed by atoms with E-state index in [-0.39, 0.29) is 17.7 Å². The van der Waals surface area contributed by atoms with Crippen molar-refractivity contribution in [3.8, 4) is 0 Å². The normalized spacial score (nSPS) is 14.0. The van der Waals surface area contributed by atoms with E-state index in [1.807, 2.05) is 54.6 Å². The highest BCUT2D eigenvalue weighted by Gasteiger charge is 2.19. The van der Waals surface area contributed by atoms with Crippen LogP contribution in [-0.2, 0) is 16.6 Å². The molecule has 1 aliphatic heterocycles. The first kappa shape index (κ1) is 24.3. The number of benzene rings is 2. The van der Waals surface area contributed by atoms with Gasteiger partial charge in [0.05, 0.1) is 12.0 Å². The van der Waals surface area contributed by atoms with E-state index in [1.54, 1.807) is 6.20 Å². The third-order valence-corrected chi connectivity index (χ3v) is 6.26. The van der Waals surface area contributed by atoms with Crippen LogP contribution in [0.1, 0.15) is 42.3 Å². The minimum Gasteiger partial charge on any atom is -0.481 e. The molecule has 1 aromatic heterocycles. The van der Waals surface area contributed by atoms with Crippen LogP contribution in [0.25, 0.3) is 0 Å². The Hall–Kier alpha value is -3.87. The lowest BCUT2D eigenvalue weighted by atomic mass is 9.87. The summed E-state index contributed by atoms with van der Waals surface area (Å²) in [7, 11) is 0. The third kappa shape index (κ3) is 6.18. The second-order valence-electron chi connectivity index (χ2n) is 9.90. The van der Waals surface area contributed by atoms with Gasteiger partial charge in [0.2, 0.25) is 0 Å². The Balaban J connectivity index is 1.33. The van der Waals surface area contributed by atoms with Gasteiger partial charge in [-0.3, -0.25) is 9.59 Å². The van der Waals surface area contributed by atoms with Crippen molar-refractivity contribution in [3.63, 3.8) is 0 Å². The molecule has 1 saturated heterocycles. The zero-order valence-electron chi connectivity index (χ0n) is 20.5. The number of carbonyl (C=O) groups is 2. The molecule has 35 heavy (non-hydrogen) atoms. The predicted octanol–water partition coefficient (Wildman–Crippen LogP) is 4.59. The van der Waals surface area contributed by atoms with Crippen LogP contribution in [0, 0.1) is 0 Å². The molecule has 182 valence electrons. The number of carboxylic acids is 1. The van der Waals surface area contributed by atoms with Crippen LogP contribution in [0.5, 0.6) is 0 Å². The van der Waals surface area contributed by atoms with Crippen molar-refractivity contribution in [1.82, 2.24) is 4.98 Å². The number of rotatable bonds is 6. The average Bonchev–Trinajstić information content (AvgIpc) is 2.84. The Morgan fingerprint density at radius 2 is 1.63 bits per heavy atom. The molecular weight excluding hydrogens is 440 g/mol. The quantitative estimate of drug-likeness (QED) is 0.546. The Morgan fingerprint density at radius 3 is 2.23 bits per heavy atom. The van der Waals surface area contributed by atoms with Crippen molar-refractivity contribution in [2.24, 2.45) is 0 Å². The third-order valence-electron chi connectivity index (χ3n) is 6.26. The molecule has 0 bridgehead atoms. The van der Waals surface area contributed by atoms with Crippen molar-refractivity contribution in [2.75, 3.05) is 41.3 Å². The van der Waals surface area contributed by atoms with Crippen molar-refractivity contribution in [3.05, 3.63) is 83.6 Å². The van der Waals surface area contributed by atoms with E-state index in [4.69, 9.17) is 5.11 Å². The number of hydrogen-bond donors (Lipinski definition) is 2. The predicted molar refractivity (Wildman–Crippen MR) is 140 cm³/mol. The number of anilines is 3. The molecule has 0 unspecified atom stereocenters. The Labute approximate surface area is 206 Å². The van der Waals surface area contributed by atoms with E-state index in [1.165, 1.54) is 5.56 Å². The van der Waals surface area contributed by atoms with Crippen LogP contribution in [-0.4, -0.2) is 48.1 Å². The maximum absolute atomic E-state index is 12.7. The lowest BCUT2D eigenvalue weighted by Gasteiger charge is -2.36. The standard InChI is InChI=1S/C28H32N4O3/c1-28(2,3)22-5-4-6-23(18-22)30-27(35)21-9-12-25(29-19-21)32-15-13-31(14-16-32)24-10-7-20(8-11-24)17-26(33)34/h4-12,18-19H,13-17H2,1-3H3,(H,30,35)(H,33,34). The molecule has 0 saturated carbocycles. The smallest absolute Gasteiger partial charge is 0.307 e. The number of aliphatic carboxylic acids is 1. The highest BCUT2D eigenvalue weighted by molar-refractivity contribution is 6.04. The molecule has 1 fully saturated rings. The van der Waals surface area contributed by atoms with Gasteiger partial charge in [-0.05, 0) is 52.9 Å². The molecular formula is C28H32N4O3. The van der Waals surface area contributed by atoms with Crippen LogP contribution < -0.4 is 15.1 Å². The minimum absolute atomic E-state index is 0.0117. The summed E-state index contributed by atoms with van der Waals surface area (Å²) in [4.78, 5) is 32.7. The number of hydrogen-bond acceptors (Lipinski definition) is 5. The lowest BCUT2D eigenvalue weighted by Crippen LogP contribution is -2.46. The summed E-state index contributed by atoms with van der Waals surface area (Å²) in [5.41, 5.74) is 4.37. The van der Waals surface area contributed by atoms with E-state index >= 15 is 0 Å². The van der Waals surface area contributed by atoms with Gasteiger partial charge in [0.25, 0.3) is 5.91 Å². The summed E-state index contributed by atoms with van der Waals surface area (Å²) >= 11 is 0. The molecule has 3 aromatic rings. The molecule has 1 aliphatic rings. The number of nitrogens with one attached hydrogen (secondary N) is 1. The highest BCUT2D eigenvalue weighted by Crippen LogP contribution is 2.25. The second kappa shape index (κ2) is 10.2. The van der Waals surface area contributed by atoms with Gasteiger partial charge in [-0.25, -0.2) is 4.98 Å². The number of piperazine rings is 1. The fourth-order valence-electron chi connectivity index (χ4n) is 4.17. The minimum atomic E-state index is -0.822. The Bertz CT molecular complexity index is 1180. The monoisotopic (exact) mass is 472 g/mol. The molecule has 7 heteroatoms. The van der Waals surface area contributed by atoms with Gasteiger partial charge in [-0.2, -0.15) is 0 Å². The molecule has 0 radical (unpaired) electrons. The molecule has 0 atom stereocenters. The van der Waals surface area contributed by atoms with Gasteiger partial charge in [0.15, 0.2) is 0 Å². The van der Waals surface area contributed by atoms with Crippen molar-refractivity contribution >= 4 is 29.1 Å². The van der Waals surface area contributed by atoms with Crippen LogP contribution in [0.4, 0.5) is 17.2 Å². The molecule has 0 aliphatic carbocycles.